The maximum atomic E-state index is 12.0. The van der Waals surface area contributed by atoms with Gasteiger partial charge in [0.05, 0.1) is 16.7 Å². The van der Waals surface area contributed by atoms with Crippen LogP contribution in [0.2, 0.25) is 0 Å². The predicted molar refractivity (Wildman–Crippen MR) is 115 cm³/mol. The number of piperidine rings is 1. The van der Waals surface area contributed by atoms with Crippen molar-refractivity contribution in [1.82, 2.24) is 5.32 Å². The molecule has 3 fully saturated rings. The van der Waals surface area contributed by atoms with E-state index in [1.165, 1.54) is 12.8 Å². The Morgan fingerprint density at radius 3 is 2.64 bits per heavy atom. The Labute approximate surface area is 175 Å². The van der Waals surface area contributed by atoms with E-state index in [9.17, 15) is 9.59 Å². The summed E-state index contributed by atoms with van der Waals surface area (Å²) in [6.45, 7) is 1.67. The molecule has 2 saturated heterocycles. The molecule has 3 aliphatic rings. The maximum absolute atomic E-state index is 12.0. The Morgan fingerprint density at radius 2 is 1.96 bits per heavy atom. The summed E-state index contributed by atoms with van der Waals surface area (Å²) < 4.78 is 6.36. The number of hydrogen-bond acceptors (Lipinski definition) is 6. The number of thioether (sulfide) groups is 1. The third-order valence-corrected chi connectivity index (χ3v) is 6.14. The van der Waals surface area contributed by atoms with Gasteiger partial charge in [-0.05, 0) is 62.4 Å². The van der Waals surface area contributed by atoms with E-state index in [-0.39, 0.29) is 35.7 Å². The molecule has 0 radical (unpaired) electrons. The molecule has 0 spiro atoms. The summed E-state index contributed by atoms with van der Waals surface area (Å²) in [5.74, 6) is 0.508. The van der Waals surface area contributed by atoms with E-state index >= 15 is 0 Å². The van der Waals surface area contributed by atoms with Gasteiger partial charge < -0.3 is 15.4 Å². The van der Waals surface area contributed by atoms with Crippen molar-refractivity contribution in [2.75, 3.05) is 18.0 Å². The zero-order valence-electron chi connectivity index (χ0n) is 15.7. The van der Waals surface area contributed by atoms with Crippen LogP contribution in [0, 0.1) is 0 Å². The van der Waals surface area contributed by atoms with Gasteiger partial charge in [0.25, 0.3) is 11.1 Å². The zero-order valence-corrected chi connectivity index (χ0v) is 17.3. The van der Waals surface area contributed by atoms with Gasteiger partial charge >= 0.3 is 0 Å². The third kappa shape index (κ3) is 4.64. The molecule has 1 aliphatic carbocycles. The fourth-order valence-corrected chi connectivity index (χ4v) is 4.72. The van der Waals surface area contributed by atoms with E-state index in [4.69, 9.17) is 10.5 Å². The summed E-state index contributed by atoms with van der Waals surface area (Å²) in [7, 11) is 0. The quantitative estimate of drug-likeness (QED) is 0.718. The van der Waals surface area contributed by atoms with Crippen LogP contribution in [0.4, 0.5) is 10.5 Å². The van der Waals surface area contributed by atoms with Crippen molar-refractivity contribution in [3.05, 3.63) is 28.7 Å². The largest absolute Gasteiger partial charge is 0.488 e. The van der Waals surface area contributed by atoms with Gasteiger partial charge in [0.1, 0.15) is 5.75 Å². The summed E-state index contributed by atoms with van der Waals surface area (Å²) in [6.07, 6.45) is 8.66. The molecule has 0 aromatic heterocycles. The van der Waals surface area contributed by atoms with Crippen LogP contribution in [0.25, 0.3) is 6.08 Å². The molecule has 152 valence electrons. The Hall–Kier alpha value is -1.70. The molecule has 28 heavy (non-hydrogen) atoms. The molecular weight excluding hydrogens is 398 g/mol. The highest BCUT2D eigenvalue weighted by molar-refractivity contribution is 8.18. The van der Waals surface area contributed by atoms with Gasteiger partial charge in [0.15, 0.2) is 0 Å². The van der Waals surface area contributed by atoms with Crippen LogP contribution in [-0.2, 0) is 4.79 Å². The van der Waals surface area contributed by atoms with Crippen molar-refractivity contribution in [2.24, 2.45) is 5.73 Å². The molecule has 0 bridgehead atoms. The number of carbonyl (C=O) groups is 2. The van der Waals surface area contributed by atoms with Crippen LogP contribution in [0.15, 0.2) is 23.1 Å². The molecule has 1 aromatic rings. The minimum absolute atomic E-state index is 0. The molecule has 6 nitrogen and oxygen atoms in total. The van der Waals surface area contributed by atoms with Gasteiger partial charge in [-0.15, -0.1) is 12.4 Å². The van der Waals surface area contributed by atoms with Crippen molar-refractivity contribution in [2.45, 2.75) is 50.7 Å². The van der Waals surface area contributed by atoms with Crippen LogP contribution in [-0.4, -0.2) is 36.4 Å². The second-order valence-electron chi connectivity index (χ2n) is 7.42. The number of rotatable bonds is 4. The van der Waals surface area contributed by atoms with E-state index in [0.29, 0.717) is 4.91 Å². The minimum atomic E-state index is -0.339. The van der Waals surface area contributed by atoms with Gasteiger partial charge in [-0.25, -0.2) is 0 Å². The monoisotopic (exact) mass is 423 g/mol. The lowest BCUT2D eigenvalue weighted by Gasteiger charge is -2.35. The number of halogens is 1. The molecule has 1 unspecified atom stereocenters. The lowest BCUT2D eigenvalue weighted by molar-refractivity contribution is -0.115. The van der Waals surface area contributed by atoms with Crippen molar-refractivity contribution in [1.29, 1.82) is 0 Å². The molecule has 1 aromatic carbocycles. The average Bonchev–Trinajstić information content (AvgIpc) is 3.25. The average molecular weight is 424 g/mol. The topological polar surface area (TPSA) is 84.7 Å². The lowest BCUT2D eigenvalue weighted by atomic mass is 10.0. The summed E-state index contributed by atoms with van der Waals surface area (Å²) in [6, 6.07) is 6.05. The summed E-state index contributed by atoms with van der Waals surface area (Å²) in [4.78, 5) is 26.2. The van der Waals surface area contributed by atoms with E-state index in [0.717, 1.165) is 67.5 Å². The molecule has 1 saturated carbocycles. The fraction of sp³-hybridized carbons (Fsp3) is 0.500. The van der Waals surface area contributed by atoms with Crippen LogP contribution < -0.4 is 20.7 Å². The highest BCUT2D eigenvalue weighted by Gasteiger charge is 2.28. The number of nitrogens with two attached hydrogens (primary N) is 1. The second-order valence-corrected chi connectivity index (χ2v) is 8.43. The number of nitrogens with zero attached hydrogens (tertiary/aromatic N) is 1. The van der Waals surface area contributed by atoms with E-state index in [1.807, 2.05) is 18.2 Å². The smallest absolute Gasteiger partial charge is 0.290 e. The highest BCUT2D eigenvalue weighted by Crippen LogP contribution is 2.39. The molecular formula is C20H26ClN3O3S. The fourth-order valence-electron chi connectivity index (χ4n) is 4.05. The van der Waals surface area contributed by atoms with Gasteiger partial charge in [0.2, 0.25) is 0 Å². The SMILES string of the molecule is Cl.NC1CCCN(c2c(C=C3SC(=O)NC3=O)cccc2OC2CCCC2)C1. The molecule has 4 rings (SSSR count). The Kier molecular flexibility index (Phi) is 6.91. The first kappa shape index (κ1) is 21.0. The molecule has 8 heteroatoms. The number of anilines is 1. The van der Waals surface area contributed by atoms with Crippen molar-refractivity contribution < 1.29 is 14.3 Å². The highest BCUT2D eigenvalue weighted by atomic mass is 35.5. The standard InChI is InChI=1S/C20H25N3O3S.ClH/c21-14-6-4-10-23(12-14)18-13(11-17-19(24)22-20(25)27-17)5-3-9-16(18)26-15-7-1-2-8-15;/h3,5,9,11,14-15H,1-2,4,6-8,10,12,21H2,(H,22,24,25);1H. The number of nitrogens with one attached hydrogen (secondary N) is 1. The molecule has 2 aliphatic heterocycles. The van der Waals surface area contributed by atoms with E-state index < -0.39 is 0 Å². The predicted octanol–water partition coefficient (Wildman–Crippen LogP) is 3.68. The normalized spacial score (nSPS) is 24.4. The number of carbonyl (C=O) groups excluding carboxylic acids is 2. The minimum Gasteiger partial charge on any atom is -0.488 e. The van der Waals surface area contributed by atoms with Gasteiger partial charge in [-0.2, -0.15) is 0 Å². The third-order valence-electron chi connectivity index (χ3n) is 5.33. The maximum Gasteiger partial charge on any atom is 0.290 e. The Balaban J connectivity index is 0.00000225. The molecule has 3 N–H and O–H groups in total. The lowest BCUT2D eigenvalue weighted by Crippen LogP contribution is -2.43. The number of imide groups is 1. The molecule has 1 atom stereocenters. The van der Waals surface area contributed by atoms with Crippen molar-refractivity contribution >= 4 is 47.1 Å². The van der Waals surface area contributed by atoms with E-state index in [2.05, 4.69) is 10.2 Å². The van der Waals surface area contributed by atoms with E-state index in [1.54, 1.807) is 6.08 Å². The molecule has 2 amide bonds. The Bertz CT molecular complexity index is 780. The van der Waals surface area contributed by atoms with Crippen LogP contribution in [0.1, 0.15) is 44.1 Å². The van der Waals surface area contributed by atoms with Gasteiger partial charge in [0, 0.05) is 24.7 Å². The number of para-hydroxylation sites is 1. The van der Waals surface area contributed by atoms with Crippen molar-refractivity contribution in [3.63, 3.8) is 0 Å². The Morgan fingerprint density at radius 1 is 1.18 bits per heavy atom. The number of hydrogen-bond donors (Lipinski definition) is 2. The number of ether oxygens (including phenoxy) is 1. The summed E-state index contributed by atoms with van der Waals surface area (Å²) in [5.41, 5.74) is 8.10. The first-order chi connectivity index (χ1) is 13.1. The van der Waals surface area contributed by atoms with Crippen LogP contribution >= 0.6 is 24.2 Å². The number of benzene rings is 1. The van der Waals surface area contributed by atoms with Gasteiger partial charge in [-0.3, -0.25) is 14.9 Å². The van der Waals surface area contributed by atoms with Crippen LogP contribution in [0.5, 0.6) is 5.75 Å². The first-order valence-electron chi connectivity index (χ1n) is 9.65. The number of amides is 2. The van der Waals surface area contributed by atoms with Crippen LogP contribution in [0.3, 0.4) is 0 Å². The first-order valence-corrected chi connectivity index (χ1v) is 10.5. The summed E-state index contributed by atoms with van der Waals surface area (Å²) >= 11 is 0.941. The second kappa shape index (κ2) is 9.20. The van der Waals surface area contributed by atoms with Crippen molar-refractivity contribution in [3.8, 4) is 5.75 Å². The summed E-state index contributed by atoms with van der Waals surface area (Å²) in [5, 5.41) is 1.99. The zero-order chi connectivity index (χ0) is 18.8. The molecule has 2 heterocycles. The van der Waals surface area contributed by atoms with Gasteiger partial charge in [-0.1, -0.05) is 12.1 Å².